The molecule has 6 N–H and O–H groups in total. The van der Waals surface area contributed by atoms with Gasteiger partial charge in [0.2, 0.25) is 5.78 Å². The number of aromatic hydroxyl groups is 1. The van der Waals surface area contributed by atoms with Gasteiger partial charge in [-0.05, 0) is 70.3 Å². The molecule has 2 fully saturated rings. The fourth-order valence-corrected chi connectivity index (χ4v) is 7.29. The number of likely N-dealkylation sites (N-methyl/N-ethyl adjacent to an activating group) is 1. The molecule has 0 spiro atoms. The van der Waals surface area contributed by atoms with Crippen molar-refractivity contribution in [2.75, 3.05) is 34.3 Å². The molecule has 1 heterocycles. The van der Waals surface area contributed by atoms with E-state index in [-0.39, 0.29) is 35.1 Å². The molecule has 11 heteroatoms. The van der Waals surface area contributed by atoms with Gasteiger partial charge in [0, 0.05) is 29.2 Å². The predicted molar refractivity (Wildman–Crippen MR) is 149 cm³/mol. The molecule has 0 radical (unpaired) electrons. The Morgan fingerprint density at radius 2 is 1.80 bits per heavy atom. The zero-order valence-electron chi connectivity index (χ0n) is 24.2. The number of rotatable bonds is 5. The second kappa shape index (κ2) is 9.85. The van der Waals surface area contributed by atoms with Crippen LogP contribution in [0.1, 0.15) is 49.8 Å². The van der Waals surface area contributed by atoms with Gasteiger partial charge in [0.15, 0.2) is 11.4 Å². The molecule has 5 rings (SSSR count). The molecular weight excluding hydrogens is 530 g/mol. The van der Waals surface area contributed by atoms with Crippen molar-refractivity contribution in [3.63, 3.8) is 0 Å². The topological polar surface area (TPSA) is 174 Å². The molecule has 1 aliphatic heterocycles. The number of primary amides is 1. The van der Waals surface area contributed by atoms with E-state index >= 15 is 0 Å². The van der Waals surface area contributed by atoms with E-state index in [0.717, 1.165) is 31.5 Å². The molecule has 0 aromatic heterocycles. The second-order valence-corrected chi connectivity index (χ2v) is 12.8. The smallest absolute Gasteiger partial charge is 0.255 e. The Balaban J connectivity index is 1.62. The van der Waals surface area contributed by atoms with Crippen LogP contribution < -0.4 is 10.5 Å². The molecule has 0 unspecified atom stereocenters. The fraction of sp³-hybridized carbons (Fsp3) is 0.567. The number of amides is 1. The third-order valence-corrected chi connectivity index (χ3v) is 9.56. The molecule has 1 saturated heterocycles. The summed E-state index contributed by atoms with van der Waals surface area (Å²) < 4.78 is 5.83. The summed E-state index contributed by atoms with van der Waals surface area (Å²) in [5.74, 6) is -6.21. The van der Waals surface area contributed by atoms with Crippen LogP contribution in [0.5, 0.6) is 11.5 Å². The number of hydrogen-bond donors (Lipinski definition) is 5. The maximum Gasteiger partial charge on any atom is 0.255 e. The van der Waals surface area contributed by atoms with Crippen molar-refractivity contribution >= 4 is 23.2 Å². The first-order chi connectivity index (χ1) is 19.1. The number of nitrogens with two attached hydrogens (primary N) is 1. The number of ether oxygens (including phenoxy) is 1. The van der Waals surface area contributed by atoms with Gasteiger partial charge in [0.1, 0.15) is 28.6 Å². The van der Waals surface area contributed by atoms with Crippen LogP contribution in [-0.2, 0) is 27.3 Å². The molecule has 1 aromatic carbocycles. The maximum atomic E-state index is 14.0. The number of aliphatic hydroxyl groups excluding tert-OH is 2. The van der Waals surface area contributed by atoms with Crippen molar-refractivity contribution < 1.29 is 39.5 Å². The lowest BCUT2D eigenvalue weighted by atomic mass is 9.57. The van der Waals surface area contributed by atoms with Crippen molar-refractivity contribution in [2.45, 2.75) is 57.7 Å². The van der Waals surface area contributed by atoms with Crippen LogP contribution in [0, 0.1) is 17.3 Å². The Morgan fingerprint density at radius 3 is 2.37 bits per heavy atom. The summed E-state index contributed by atoms with van der Waals surface area (Å²) in [4.78, 5) is 43.1. The van der Waals surface area contributed by atoms with Crippen LogP contribution in [0.3, 0.4) is 0 Å². The minimum absolute atomic E-state index is 0.0289. The Bertz CT molecular complexity index is 1400. The third kappa shape index (κ3) is 4.33. The first kappa shape index (κ1) is 29.1. The van der Waals surface area contributed by atoms with E-state index in [1.54, 1.807) is 14.1 Å². The molecule has 41 heavy (non-hydrogen) atoms. The van der Waals surface area contributed by atoms with Gasteiger partial charge in [-0.2, -0.15) is 0 Å². The first-order valence-electron chi connectivity index (χ1n) is 13.9. The number of hydrogen-bond acceptors (Lipinski definition) is 10. The molecule has 3 aliphatic carbocycles. The summed E-state index contributed by atoms with van der Waals surface area (Å²) >= 11 is 0. The van der Waals surface area contributed by atoms with Crippen LogP contribution in [0.25, 0.3) is 5.76 Å². The van der Waals surface area contributed by atoms with E-state index in [1.807, 2.05) is 0 Å². The highest BCUT2D eigenvalue weighted by Crippen LogP contribution is 2.54. The van der Waals surface area contributed by atoms with E-state index in [1.165, 1.54) is 18.1 Å². The fourth-order valence-electron chi connectivity index (χ4n) is 7.29. The first-order valence-corrected chi connectivity index (χ1v) is 13.9. The number of benzene rings is 1. The van der Waals surface area contributed by atoms with Crippen molar-refractivity contribution in [1.29, 1.82) is 0 Å². The number of fused-ring (bicyclic) bond motifs is 3. The Labute approximate surface area is 238 Å². The lowest BCUT2D eigenvalue weighted by molar-refractivity contribution is -0.153. The normalized spacial score (nSPS) is 29.8. The number of piperidine rings is 1. The number of carbonyl (C=O) groups excluding carboxylic acids is 3. The number of likely N-dealkylation sites (tertiary alicyclic amines) is 1. The van der Waals surface area contributed by atoms with Crippen LogP contribution in [0.4, 0.5) is 0 Å². The largest absolute Gasteiger partial charge is 0.508 e. The SMILES string of the molecule is COc1c(CN2CCC(C)(C)CC2)cc(O)c2c1C[C@H]1C[C@H]3[C@H](N(C)C)C(=O)C(C(N)=O)=C(O)[C@@]3(O)C(=O)C1=C2O. The van der Waals surface area contributed by atoms with Gasteiger partial charge < -0.3 is 30.9 Å². The van der Waals surface area contributed by atoms with Gasteiger partial charge in [-0.15, -0.1) is 0 Å². The molecular formula is C30H39N3O8. The summed E-state index contributed by atoms with van der Waals surface area (Å²) in [6.45, 7) is 6.82. The number of phenolic OH excluding ortho intramolecular Hbond substituents is 1. The van der Waals surface area contributed by atoms with Gasteiger partial charge >= 0.3 is 0 Å². The standard InChI is InChI=1S/C30H39N3O8/c1-29(2)6-8-33(9-7-29)13-15-12-18(34)20-16(25(15)41-5)10-14-11-17-22(32(3)4)24(36)21(28(31)39)27(38)30(17,40)26(37)19(14)23(20)35/h12,14,17,22,34-35,38,40H,6-11,13H2,1-5H3,(H2,31,39)/t14-,17-,22-,30-/m0/s1. The van der Waals surface area contributed by atoms with Crippen molar-refractivity contribution in [2.24, 2.45) is 23.0 Å². The van der Waals surface area contributed by atoms with Gasteiger partial charge in [0.25, 0.3) is 5.91 Å². The summed E-state index contributed by atoms with van der Waals surface area (Å²) in [6.07, 6.45) is 2.30. The van der Waals surface area contributed by atoms with Gasteiger partial charge in [-0.25, -0.2) is 0 Å². The molecule has 0 bridgehead atoms. The minimum Gasteiger partial charge on any atom is -0.508 e. The summed E-state index contributed by atoms with van der Waals surface area (Å²) in [5, 5.41) is 45.3. The van der Waals surface area contributed by atoms with E-state index in [2.05, 4.69) is 18.7 Å². The molecule has 11 nitrogen and oxygen atoms in total. The minimum atomic E-state index is -2.66. The Hall–Kier alpha value is -3.41. The number of Topliss-reactive ketones (excluding diaryl/α,β-unsaturated/α-hetero) is 2. The van der Waals surface area contributed by atoms with E-state index in [0.29, 0.717) is 17.9 Å². The number of phenols is 1. The molecule has 4 aliphatic rings. The highest BCUT2D eigenvalue weighted by Gasteiger charge is 2.64. The zero-order chi connectivity index (χ0) is 30.2. The zero-order valence-corrected chi connectivity index (χ0v) is 24.2. The Morgan fingerprint density at radius 1 is 1.17 bits per heavy atom. The predicted octanol–water partition coefficient (Wildman–Crippen LogP) is 1.59. The highest BCUT2D eigenvalue weighted by atomic mass is 16.5. The van der Waals surface area contributed by atoms with Crippen LogP contribution in [0.2, 0.25) is 0 Å². The quantitative estimate of drug-likeness (QED) is 0.328. The van der Waals surface area contributed by atoms with Crippen LogP contribution >= 0.6 is 0 Å². The van der Waals surface area contributed by atoms with Crippen molar-refractivity contribution in [3.8, 4) is 11.5 Å². The van der Waals surface area contributed by atoms with Gasteiger partial charge in [-0.3, -0.25) is 24.2 Å². The molecule has 4 atom stereocenters. The molecule has 1 aromatic rings. The summed E-state index contributed by atoms with van der Waals surface area (Å²) in [6, 6.07) is 0.404. The number of ketones is 2. The lowest BCUT2D eigenvalue weighted by Gasteiger charge is -2.50. The third-order valence-electron chi connectivity index (χ3n) is 9.56. The summed E-state index contributed by atoms with van der Waals surface area (Å²) in [7, 11) is 4.66. The highest BCUT2D eigenvalue weighted by molar-refractivity contribution is 6.24. The maximum absolute atomic E-state index is 14.0. The number of nitrogens with zero attached hydrogens (tertiary/aromatic N) is 2. The number of methoxy groups -OCH3 is 1. The van der Waals surface area contributed by atoms with Crippen molar-refractivity contribution in [3.05, 3.63) is 39.7 Å². The van der Waals surface area contributed by atoms with Gasteiger partial charge in [0.05, 0.1) is 18.7 Å². The molecule has 222 valence electrons. The molecule has 1 amide bonds. The average molecular weight is 570 g/mol. The van der Waals surface area contributed by atoms with E-state index in [4.69, 9.17) is 10.5 Å². The van der Waals surface area contributed by atoms with Crippen LogP contribution in [0.15, 0.2) is 23.0 Å². The van der Waals surface area contributed by atoms with E-state index < -0.39 is 58.0 Å². The summed E-state index contributed by atoms with van der Waals surface area (Å²) in [5.41, 5.74) is 3.29. The van der Waals surface area contributed by atoms with Gasteiger partial charge in [-0.1, -0.05) is 13.8 Å². The lowest BCUT2D eigenvalue weighted by Crippen LogP contribution is -2.65. The number of carbonyl (C=O) groups is 3. The molecule has 1 saturated carbocycles. The monoisotopic (exact) mass is 569 g/mol. The van der Waals surface area contributed by atoms with Crippen LogP contribution in [-0.4, -0.2) is 93.6 Å². The number of aliphatic hydroxyl groups is 3. The second-order valence-electron chi connectivity index (χ2n) is 12.8. The van der Waals surface area contributed by atoms with Crippen molar-refractivity contribution in [1.82, 2.24) is 9.80 Å². The van der Waals surface area contributed by atoms with E-state index in [9.17, 15) is 34.8 Å². The average Bonchev–Trinajstić information content (AvgIpc) is 2.87. The Kier molecular flexibility index (Phi) is 6.99.